The number of aromatic nitrogens is 3. The third-order valence-corrected chi connectivity index (χ3v) is 3.78. The molecule has 0 saturated heterocycles. The van der Waals surface area contributed by atoms with Gasteiger partial charge >= 0.3 is 5.97 Å². The van der Waals surface area contributed by atoms with Gasteiger partial charge in [0.1, 0.15) is 5.82 Å². The first-order chi connectivity index (χ1) is 13.0. The molecule has 3 rings (SSSR count). The number of halogens is 1. The van der Waals surface area contributed by atoms with Crippen molar-refractivity contribution in [3.05, 3.63) is 70.9 Å². The third-order valence-electron chi connectivity index (χ3n) is 3.45. The number of carbonyl (C=O) groups excluding carboxylic acids is 2. The lowest BCUT2D eigenvalue weighted by Gasteiger charge is -2.07. The molecule has 0 unspecified atom stereocenters. The Labute approximate surface area is 157 Å². The molecule has 0 aliphatic rings. The van der Waals surface area contributed by atoms with Gasteiger partial charge in [0.2, 0.25) is 0 Å². The summed E-state index contributed by atoms with van der Waals surface area (Å²) in [5.41, 5.74) is 0.0378. The number of carboxylic acid groups (broad SMARTS) is 1. The van der Waals surface area contributed by atoms with Crippen LogP contribution in [-0.2, 0) is 0 Å². The van der Waals surface area contributed by atoms with Crippen LogP contribution in [0, 0.1) is 0 Å². The highest BCUT2D eigenvalue weighted by atomic mass is 35.5. The van der Waals surface area contributed by atoms with Crippen LogP contribution in [0.5, 0.6) is 0 Å². The Balaban J connectivity index is 1.68. The number of anilines is 2. The summed E-state index contributed by atoms with van der Waals surface area (Å²) >= 11 is 5.97. The molecule has 0 aliphatic carbocycles. The second-order valence-corrected chi connectivity index (χ2v) is 5.66. The van der Waals surface area contributed by atoms with E-state index in [9.17, 15) is 14.4 Å². The van der Waals surface area contributed by atoms with Crippen LogP contribution < -0.4 is 10.6 Å². The zero-order valence-electron chi connectivity index (χ0n) is 13.6. The fourth-order valence-corrected chi connectivity index (χ4v) is 2.41. The van der Waals surface area contributed by atoms with Crippen molar-refractivity contribution in [2.45, 2.75) is 0 Å². The Morgan fingerprint density at radius 1 is 1.00 bits per heavy atom. The zero-order chi connectivity index (χ0) is 19.4. The number of aromatic carboxylic acids is 1. The van der Waals surface area contributed by atoms with Gasteiger partial charge in [-0.1, -0.05) is 23.7 Å². The molecule has 1 aromatic carbocycles. The smallest absolute Gasteiger partial charge is 0.354 e. The highest BCUT2D eigenvalue weighted by Gasteiger charge is 2.19. The number of aromatic amines is 1. The van der Waals surface area contributed by atoms with E-state index >= 15 is 0 Å². The average Bonchev–Trinajstić information content (AvgIpc) is 3.14. The van der Waals surface area contributed by atoms with Gasteiger partial charge in [-0.25, -0.2) is 14.8 Å². The standard InChI is InChI=1S/C17H12ClN5O4/c18-11-4-2-1-3-10(11)15(24)23-12-6-5-9(7-19-12)22-16(25)13-14(17(26)27)21-8-20-13/h1-8H,(H,20,21)(H,22,25)(H,26,27)(H,19,23,24). The molecule has 0 radical (unpaired) electrons. The average molecular weight is 386 g/mol. The molecular weight excluding hydrogens is 374 g/mol. The Kier molecular flexibility index (Phi) is 5.13. The summed E-state index contributed by atoms with van der Waals surface area (Å²) in [4.78, 5) is 45.4. The van der Waals surface area contributed by atoms with Crippen LogP contribution in [0.1, 0.15) is 31.3 Å². The number of nitrogens with zero attached hydrogens (tertiary/aromatic N) is 2. The zero-order valence-corrected chi connectivity index (χ0v) is 14.3. The highest BCUT2D eigenvalue weighted by molar-refractivity contribution is 6.34. The van der Waals surface area contributed by atoms with Crippen molar-refractivity contribution in [1.82, 2.24) is 15.0 Å². The van der Waals surface area contributed by atoms with Crippen LogP contribution in [0.2, 0.25) is 5.02 Å². The van der Waals surface area contributed by atoms with E-state index in [1.807, 2.05) is 0 Å². The second kappa shape index (κ2) is 7.67. The van der Waals surface area contributed by atoms with Gasteiger partial charge in [0, 0.05) is 0 Å². The van der Waals surface area contributed by atoms with Crippen LogP contribution in [0.3, 0.4) is 0 Å². The molecule has 0 spiro atoms. The molecule has 0 bridgehead atoms. The number of benzene rings is 1. The predicted molar refractivity (Wildman–Crippen MR) is 97.1 cm³/mol. The first-order valence-corrected chi connectivity index (χ1v) is 7.93. The van der Waals surface area contributed by atoms with E-state index < -0.39 is 17.8 Å². The Hall–Kier alpha value is -3.72. The molecule has 2 amide bonds. The molecule has 9 nitrogen and oxygen atoms in total. The van der Waals surface area contributed by atoms with Gasteiger partial charge in [-0.3, -0.25) is 9.59 Å². The number of nitrogens with one attached hydrogen (secondary N) is 3. The monoisotopic (exact) mass is 385 g/mol. The van der Waals surface area contributed by atoms with Crippen molar-refractivity contribution in [3.8, 4) is 0 Å². The van der Waals surface area contributed by atoms with Crippen molar-refractivity contribution in [3.63, 3.8) is 0 Å². The molecule has 3 aromatic rings. The molecular formula is C17H12ClN5O4. The molecule has 4 N–H and O–H groups in total. The van der Waals surface area contributed by atoms with E-state index in [4.69, 9.17) is 16.7 Å². The fraction of sp³-hybridized carbons (Fsp3) is 0. The van der Waals surface area contributed by atoms with E-state index in [2.05, 4.69) is 25.6 Å². The largest absolute Gasteiger partial charge is 0.477 e. The number of hydrogen-bond donors (Lipinski definition) is 4. The quantitative estimate of drug-likeness (QED) is 0.532. The molecule has 0 fully saturated rings. The minimum Gasteiger partial charge on any atom is -0.477 e. The molecule has 2 heterocycles. The van der Waals surface area contributed by atoms with E-state index in [-0.39, 0.29) is 17.2 Å². The van der Waals surface area contributed by atoms with Crippen LogP contribution in [-0.4, -0.2) is 37.8 Å². The SMILES string of the molecule is O=C(Nc1ccc(NC(=O)c2nc[nH]c2C(=O)O)cn1)c1ccccc1Cl. The Morgan fingerprint density at radius 2 is 1.78 bits per heavy atom. The van der Waals surface area contributed by atoms with Gasteiger partial charge < -0.3 is 20.7 Å². The molecule has 10 heteroatoms. The van der Waals surface area contributed by atoms with Gasteiger partial charge in [-0.05, 0) is 24.3 Å². The lowest BCUT2D eigenvalue weighted by Crippen LogP contribution is -2.17. The number of pyridine rings is 1. The van der Waals surface area contributed by atoms with Crippen molar-refractivity contribution in [2.75, 3.05) is 10.6 Å². The van der Waals surface area contributed by atoms with Gasteiger partial charge in [0.15, 0.2) is 11.4 Å². The number of amides is 2. The number of imidazole rings is 1. The summed E-state index contributed by atoms with van der Waals surface area (Å²) in [5.74, 6) is -2.17. The number of H-pyrrole nitrogens is 1. The van der Waals surface area contributed by atoms with Gasteiger partial charge in [0.25, 0.3) is 11.8 Å². The van der Waals surface area contributed by atoms with Crippen LogP contribution in [0.25, 0.3) is 0 Å². The Bertz CT molecular complexity index is 1020. The van der Waals surface area contributed by atoms with Crippen molar-refractivity contribution < 1.29 is 19.5 Å². The second-order valence-electron chi connectivity index (χ2n) is 5.25. The summed E-state index contributed by atoms with van der Waals surface area (Å²) < 4.78 is 0. The summed E-state index contributed by atoms with van der Waals surface area (Å²) in [5, 5.41) is 14.4. The van der Waals surface area contributed by atoms with E-state index in [1.54, 1.807) is 24.3 Å². The maximum atomic E-state index is 12.2. The molecule has 0 atom stereocenters. The van der Waals surface area contributed by atoms with Crippen LogP contribution >= 0.6 is 11.6 Å². The molecule has 2 aromatic heterocycles. The number of hydrogen-bond acceptors (Lipinski definition) is 5. The summed E-state index contributed by atoms with van der Waals surface area (Å²) in [7, 11) is 0. The molecule has 0 saturated carbocycles. The predicted octanol–water partition coefficient (Wildman–Crippen LogP) is 2.66. The molecule has 136 valence electrons. The molecule has 0 aliphatic heterocycles. The first-order valence-electron chi connectivity index (χ1n) is 7.55. The fourth-order valence-electron chi connectivity index (χ4n) is 2.19. The summed E-state index contributed by atoms with van der Waals surface area (Å²) in [6.45, 7) is 0. The minimum absolute atomic E-state index is 0.251. The maximum absolute atomic E-state index is 12.2. The van der Waals surface area contributed by atoms with Gasteiger partial charge in [0.05, 0.1) is 28.8 Å². The summed E-state index contributed by atoms with van der Waals surface area (Å²) in [6.07, 6.45) is 2.43. The normalized spacial score (nSPS) is 10.3. The number of carbonyl (C=O) groups is 3. The minimum atomic E-state index is -1.30. The molecule has 27 heavy (non-hydrogen) atoms. The van der Waals surface area contributed by atoms with Gasteiger partial charge in [-0.15, -0.1) is 0 Å². The lowest BCUT2D eigenvalue weighted by molar-refractivity contribution is 0.0686. The van der Waals surface area contributed by atoms with Gasteiger partial charge in [-0.2, -0.15) is 0 Å². The maximum Gasteiger partial charge on any atom is 0.354 e. The van der Waals surface area contributed by atoms with E-state index in [0.29, 0.717) is 16.3 Å². The number of rotatable bonds is 5. The third kappa shape index (κ3) is 4.10. The van der Waals surface area contributed by atoms with Crippen molar-refractivity contribution in [1.29, 1.82) is 0 Å². The van der Waals surface area contributed by atoms with E-state index in [0.717, 1.165) is 6.33 Å². The lowest BCUT2D eigenvalue weighted by atomic mass is 10.2. The topological polar surface area (TPSA) is 137 Å². The first kappa shape index (κ1) is 18.1. The van der Waals surface area contributed by atoms with Crippen molar-refractivity contribution in [2.24, 2.45) is 0 Å². The number of carboxylic acids is 1. The van der Waals surface area contributed by atoms with E-state index in [1.165, 1.54) is 18.3 Å². The van der Waals surface area contributed by atoms with Crippen LogP contribution in [0.15, 0.2) is 48.9 Å². The Morgan fingerprint density at radius 3 is 2.44 bits per heavy atom. The van der Waals surface area contributed by atoms with Crippen LogP contribution in [0.4, 0.5) is 11.5 Å². The highest BCUT2D eigenvalue weighted by Crippen LogP contribution is 2.17. The summed E-state index contributed by atoms with van der Waals surface area (Å²) in [6, 6.07) is 9.56. The van der Waals surface area contributed by atoms with Crippen molar-refractivity contribution >= 4 is 40.9 Å².